The fourth-order valence-electron chi connectivity index (χ4n) is 0.977. The number of rotatable bonds is 2. The van der Waals surface area contributed by atoms with Crippen molar-refractivity contribution in [2.45, 2.75) is 6.16 Å². The van der Waals surface area contributed by atoms with E-state index in [-0.39, 0.29) is 0 Å². The smallest absolute Gasteiger partial charge is 0.0141 e. The zero-order valence-electron chi connectivity index (χ0n) is 6.70. The Bertz CT molecular complexity index is 260. The fourth-order valence-corrected chi connectivity index (χ4v) is 1.97. The predicted molar refractivity (Wildman–Crippen MR) is 52.3 cm³/mol. The van der Waals surface area contributed by atoms with Gasteiger partial charge in [-0.15, -0.1) is 0 Å². The van der Waals surface area contributed by atoms with E-state index in [1.165, 1.54) is 5.56 Å². The van der Waals surface area contributed by atoms with Crippen LogP contribution in [0.5, 0.6) is 0 Å². The van der Waals surface area contributed by atoms with Gasteiger partial charge in [-0.1, -0.05) is 36.6 Å². The van der Waals surface area contributed by atoms with Gasteiger partial charge in [-0.2, -0.15) is 0 Å². The van der Waals surface area contributed by atoms with Gasteiger partial charge in [0.25, 0.3) is 0 Å². The zero-order valence-corrected chi connectivity index (χ0v) is 7.59. The third-order valence-electron chi connectivity index (χ3n) is 1.37. The van der Waals surface area contributed by atoms with Crippen molar-refractivity contribution in [3.63, 3.8) is 0 Å². The van der Waals surface area contributed by atoms with Crippen molar-refractivity contribution in [2.75, 3.05) is 6.66 Å². The maximum atomic E-state index is 9.47. The number of benzene rings is 1. The van der Waals surface area contributed by atoms with Gasteiger partial charge in [-0.25, -0.2) is 0 Å². The molecule has 11 heavy (non-hydrogen) atoms. The molecule has 1 atom stereocenters. The predicted octanol–water partition coefficient (Wildman–Crippen LogP) is 2.17. The Labute approximate surface area is 67.7 Å². The summed E-state index contributed by atoms with van der Waals surface area (Å²) in [6, 6.07) is 9.95. The highest BCUT2D eigenvalue weighted by atomic mass is 31.2. The van der Waals surface area contributed by atoms with E-state index < -0.39 is 7.11 Å². The molecular weight excluding hydrogens is 155 g/mol. The summed E-state index contributed by atoms with van der Waals surface area (Å²) in [5.74, 6) is 0. The van der Waals surface area contributed by atoms with Crippen molar-refractivity contribution in [1.82, 2.24) is 0 Å². The summed E-state index contributed by atoms with van der Waals surface area (Å²) >= 11 is 0. The maximum absolute atomic E-state index is 9.47. The summed E-state index contributed by atoms with van der Waals surface area (Å²) in [6.45, 7) is 1.82. The van der Waals surface area contributed by atoms with Crippen LogP contribution in [0.2, 0.25) is 0 Å². The first-order chi connectivity index (χ1) is 5.08. The monoisotopic (exact) mass is 168 g/mol. The highest BCUT2D eigenvalue weighted by Crippen LogP contribution is 2.38. The second-order valence-electron chi connectivity index (χ2n) is 2.98. The molecule has 0 fully saturated rings. The van der Waals surface area contributed by atoms with Crippen LogP contribution in [-0.2, 0) is 6.16 Å². The van der Waals surface area contributed by atoms with Crippen molar-refractivity contribution >= 4 is 13.4 Å². The molecule has 1 aromatic carbocycles. The Hall–Kier alpha value is -0.520. The van der Waals surface area contributed by atoms with E-state index in [0.29, 0.717) is 6.16 Å². The molecule has 1 rings (SSSR count). The summed E-state index contributed by atoms with van der Waals surface area (Å²) in [6.07, 6.45) is 4.45. The van der Waals surface area contributed by atoms with Crippen LogP contribution in [0.3, 0.4) is 0 Å². The highest BCUT2D eigenvalue weighted by Gasteiger charge is 2.01. The third-order valence-corrected chi connectivity index (χ3v) is 2.41. The van der Waals surface area contributed by atoms with E-state index in [0.717, 1.165) is 0 Å². The second-order valence-corrected chi connectivity index (χ2v) is 5.98. The Morgan fingerprint density at radius 1 is 1.36 bits per heavy atom. The van der Waals surface area contributed by atoms with Crippen LogP contribution in [0.4, 0.5) is 0 Å². The molecule has 1 aromatic rings. The average molecular weight is 168 g/mol. The molecule has 0 aliphatic heterocycles. The number of hydrogen-bond acceptors (Lipinski definition) is 1. The maximum Gasteiger partial charge on any atom is 0.0141 e. The minimum atomic E-state index is -1.89. The minimum Gasteiger partial charge on any atom is -0.377 e. The Morgan fingerprint density at radius 2 is 1.91 bits per heavy atom. The molecule has 0 radical (unpaired) electrons. The van der Waals surface area contributed by atoms with Crippen LogP contribution in [0.1, 0.15) is 5.56 Å². The molecule has 0 bridgehead atoms. The summed E-state index contributed by atoms with van der Waals surface area (Å²) in [5, 5.41) is 0. The summed E-state index contributed by atoms with van der Waals surface area (Å²) in [4.78, 5) is 9.47. The van der Waals surface area contributed by atoms with Crippen LogP contribution in [0.25, 0.3) is 0 Å². The van der Waals surface area contributed by atoms with Crippen LogP contribution >= 0.6 is 7.11 Å². The average Bonchev–Trinajstić information content (AvgIpc) is 1.85. The van der Waals surface area contributed by atoms with Crippen LogP contribution in [0, 0.1) is 0 Å². The van der Waals surface area contributed by atoms with E-state index in [1.807, 2.05) is 37.0 Å². The quantitative estimate of drug-likeness (QED) is 0.671. The van der Waals surface area contributed by atoms with Crippen molar-refractivity contribution < 1.29 is 4.89 Å². The lowest BCUT2D eigenvalue weighted by molar-refractivity contribution is 0.625. The molecule has 0 spiro atoms. The molecule has 60 valence electrons. The van der Waals surface area contributed by atoms with Gasteiger partial charge in [0.15, 0.2) is 0 Å². The molecular formula is C9H13OP. The third kappa shape index (κ3) is 3.41. The van der Waals surface area contributed by atoms with Crippen molar-refractivity contribution in [3.8, 4) is 0 Å². The van der Waals surface area contributed by atoms with E-state index in [9.17, 15) is 4.89 Å². The molecule has 0 heterocycles. The molecule has 0 amide bonds. The van der Waals surface area contributed by atoms with Crippen LogP contribution < -0.4 is 0 Å². The summed E-state index contributed by atoms with van der Waals surface area (Å²) < 4.78 is 0. The Kier molecular flexibility index (Phi) is 2.53. The minimum absolute atomic E-state index is 0.716. The summed E-state index contributed by atoms with van der Waals surface area (Å²) in [7, 11) is -1.89. The van der Waals surface area contributed by atoms with Gasteiger partial charge >= 0.3 is 0 Å². The van der Waals surface area contributed by atoms with E-state index in [1.54, 1.807) is 0 Å². The lowest BCUT2D eigenvalue weighted by atomic mass is 10.2. The Morgan fingerprint density at radius 3 is 2.36 bits per heavy atom. The highest BCUT2D eigenvalue weighted by molar-refractivity contribution is 7.66. The molecule has 2 heteroatoms. The molecule has 0 saturated heterocycles. The van der Waals surface area contributed by atoms with Crippen LogP contribution in [-0.4, -0.2) is 17.9 Å². The van der Waals surface area contributed by atoms with Gasteiger partial charge in [-0.05, 0) is 19.3 Å². The first-order valence-corrected chi connectivity index (χ1v) is 6.10. The largest absolute Gasteiger partial charge is 0.377 e. The van der Waals surface area contributed by atoms with Crippen molar-refractivity contribution in [3.05, 3.63) is 35.9 Å². The van der Waals surface area contributed by atoms with Gasteiger partial charge in [0.05, 0.1) is 0 Å². The topological polar surface area (TPSA) is 20.2 Å². The SMILES string of the molecule is C=P(C)(O)Cc1ccccc1. The van der Waals surface area contributed by atoms with E-state index in [2.05, 4.69) is 6.30 Å². The van der Waals surface area contributed by atoms with Gasteiger partial charge < -0.3 is 4.89 Å². The van der Waals surface area contributed by atoms with Crippen LogP contribution in [0.15, 0.2) is 30.3 Å². The zero-order chi connectivity index (χ0) is 8.32. The molecule has 0 aromatic heterocycles. The Balaban J connectivity index is 2.74. The molecule has 1 N–H and O–H groups in total. The molecule has 1 unspecified atom stereocenters. The van der Waals surface area contributed by atoms with Gasteiger partial charge in [0.2, 0.25) is 0 Å². The second kappa shape index (κ2) is 3.25. The lowest BCUT2D eigenvalue weighted by Crippen LogP contribution is -1.84. The first kappa shape index (κ1) is 8.58. The van der Waals surface area contributed by atoms with Crippen molar-refractivity contribution in [2.24, 2.45) is 0 Å². The van der Waals surface area contributed by atoms with Gasteiger partial charge in [0, 0.05) is 6.16 Å². The molecule has 0 aliphatic rings. The standard InChI is InChI=1S/C9H13OP/c1-11(2,10)8-9-6-4-3-5-7-9/h3-7,10H,1,8H2,2H3. The number of hydrogen-bond donors (Lipinski definition) is 1. The van der Waals surface area contributed by atoms with E-state index >= 15 is 0 Å². The van der Waals surface area contributed by atoms with Gasteiger partial charge in [0.1, 0.15) is 0 Å². The molecule has 1 nitrogen and oxygen atoms in total. The molecule has 0 aliphatic carbocycles. The lowest BCUT2D eigenvalue weighted by Gasteiger charge is -2.09. The first-order valence-electron chi connectivity index (χ1n) is 3.54. The molecule has 0 saturated carbocycles. The van der Waals surface area contributed by atoms with E-state index in [4.69, 9.17) is 0 Å². The normalized spacial score (nSPS) is 15.8. The van der Waals surface area contributed by atoms with Gasteiger partial charge in [-0.3, -0.25) is 0 Å². The van der Waals surface area contributed by atoms with Crippen molar-refractivity contribution in [1.29, 1.82) is 0 Å². The fraction of sp³-hybridized carbons (Fsp3) is 0.222. The summed E-state index contributed by atoms with van der Waals surface area (Å²) in [5.41, 5.74) is 1.17.